The van der Waals surface area contributed by atoms with E-state index in [4.69, 9.17) is 10.5 Å². The summed E-state index contributed by atoms with van der Waals surface area (Å²) in [5.74, 6) is 0.370. The standard InChI is InChI=1S/C15H22N2O2/c1-11(2)13-9-17(15(18)8-16)10-14(19-13)12-6-4-3-5-7-12/h3-7,11,13-14H,8-10,16H2,1-2H3/t13-,14+/m1/s1. The van der Waals surface area contributed by atoms with E-state index in [1.807, 2.05) is 35.2 Å². The van der Waals surface area contributed by atoms with E-state index in [2.05, 4.69) is 13.8 Å². The number of carbonyl (C=O) groups excluding carboxylic acids is 1. The maximum Gasteiger partial charge on any atom is 0.236 e. The molecule has 0 spiro atoms. The zero-order chi connectivity index (χ0) is 13.8. The Labute approximate surface area is 114 Å². The molecule has 0 aliphatic carbocycles. The highest BCUT2D eigenvalue weighted by Gasteiger charge is 2.32. The van der Waals surface area contributed by atoms with E-state index in [-0.39, 0.29) is 24.7 Å². The van der Waals surface area contributed by atoms with Crippen LogP contribution in [0.2, 0.25) is 0 Å². The van der Waals surface area contributed by atoms with Gasteiger partial charge in [-0.05, 0) is 11.5 Å². The molecule has 4 heteroatoms. The molecule has 0 saturated carbocycles. The SMILES string of the molecule is CC(C)[C@H]1CN(C(=O)CN)C[C@@H](c2ccccc2)O1. The molecule has 104 valence electrons. The predicted octanol–water partition coefficient (Wildman–Crippen LogP) is 1.57. The largest absolute Gasteiger partial charge is 0.366 e. The van der Waals surface area contributed by atoms with Gasteiger partial charge in [-0.3, -0.25) is 4.79 Å². The molecule has 1 fully saturated rings. The third kappa shape index (κ3) is 3.33. The number of ether oxygens (including phenoxy) is 1. The van der Waals surface area contributed by atoms with Crippen LogP contribution in [0.3, 0.4) is 0 Å². The topological polar surface area (TPSA) is 55.6 Å². The third-order valence-electron chi connectivity index (χ3n) is 3.57. The van der Waals surface area contributed by atoms with Gasteiger partial charge in [-0.15, -0.1) is 0 Å². The molecule has 1 aromatic carbocycles. The highest BCUT2D eigenvalue weighted by molar-refractivity contribution is 5.78. The Morgan fingerprint density at radius 3 is 2.63 bits per heavy atom. The summed E-state index contributed by atoms with van der Waals surface area (Å²) < 4.78 is 6.12. The Morgan fingerprint density at radius 1 is 1.37 bits per heavy atom. The molecule has 2 atom stereocenters. The first-order valence-electron chi connectivity index (χ1n) is 6.80. The highest BCUT2D eigenvalue weighted by atomic mass is 16.5. The summed E-state index contributed by atoms with van der Waals surface area (Å²) in [5, 5.41) is 0. The number of amides is 1. The van der Waals surface area contributed by atoms with Crippen LogP contribution in [0, 0.1) is 5.92 Å². The minimum atomic E-state index is -0.0575. The predicted molar refractivity (Wildman–Crippen MR) is 74.5 cm³/mol. The van der Waals surface area contributed by atoms with Crippen LogP contribution in [0.4, 0.5) is 0 Å². The molecule has 1 amide bonds. The summed E-state index contributed by atoms with van der Waals surface area (Å²) in [7, 11) is 0. The van der Waals surface area contributed by atoms with Crippen molar-refractivity contribution in [2.24, 2.45) is 11.7 Å². The summed E-state index contributed by atoms with van der Waals surface area (Å²) in [5.41, 5.74) is 6.59. The summed E-state index contributed by atoms with van der Waals surface area (Å²) in [6, 6.07) is 10.0. The quantitative estimate of drug-likeness (QED) is 0.899. The first-order valence-corrected chi connectivity index (χ1v) is 6.80. The van der Waals surface area contributed by atoms with Crippen LogP contribution in [-0.2, 0) is 9.53 Å². The zero-order valence-corrected chi connectivity index (χ0v) is 11.6. The van der Waals surface area contributed by atoms with Crippen molar-refractivity contribution >= 4 is 5.91 Å². The highest BCUT2D eigenvalue weighted by Crippen LogP contribution is 2.27. The maximum atomic E-state index is 11.9. The number of hydrogen-bond acceptors (Lipinski definition) is 3. The molecule has 4 nitrogen and oxygen atoms in total. The van der Waals surface area contributed by atoms with Crippen LogP contribution in [0.15, 0.2) is 30.3 Å². The molecule has 1 aromatic rings. The van der Waals surface area contributed by atoms with Crippen molar-refractivity contribution in [3.05, 3.63) is 35.9 Å². The average Bonchev–Trinajstić information content (AvgIpc) is 2.46. The minimum Gasteiger partial charge on any atom is -0.366 e. The van der Waals surface area contributed by atoms with Crippen molar-refractivity contribution < 1.29 is 9.53 Å². The van der Waals surface area contributed by atoms with E-state index in [0.717, 1.165) is 5.56 Å². The van der Waals surface area contributed by atoms with Gasteiger partial charge < -0.3 is 15.4 Å². The van der Waals surface area contributed by atoms with Crippen molar-refractivity contribution in [2.75, 3.05) is 19.6 Å². The fraction of sp³-hybridized carbons (Fsp3) is 0.533. The van der Waals surface area contributed by atoms with Gasteiger partial charge in [-0.2, -0.15) is 0 Å². The zero-order valence-electron chi connectivity index (χ0n) is 11.6. The summed E-state index contributed by atoms with van der Waals surface area (Å²) in [4.78, 5) is 13.7. The van der Waals surface area contributed by atoms with E-state index < -0.39 is 0 Å². The average molecular weight is 262 g/mol. The van der Waals surface area contributed by atoms with Crippen molar-refractivity contribution in [1.82, 2.24) is 4.90 Å². The minimum absolute atomic E-state index is 0.00474. The first kappa shape index (κ1) is 14.0. The number of nitrogens with zero attached hydrogens (tertiary/aromatic N) is 1. The molecule has 2 N–H and O–H groups in total. The molecule has 0 radical (unpaired) electrons. The Kier molecular flexibility index (Phi) is 4.56. The van der Waals surface area contributed by atoms with Crippen molar-refractivity contribution in [1.29, 1.82) is 0 Å². The Morgan fingerprint density at radius 2 is 2.05 bits per heavy atom. The first-order chi connectivity index (χ1) is 9.11. The van der Waals surface area contributed by atoms with E-state index in [1.54, 1.807) is 0 Å². The third-order valence-corrected chi connectivity index (χ3v) is 3.57. The van der Waals surface area contributed by atoms with Crippen LogP contribution < -0.4 is 5.73 Å². The van der Waals surface area contributed by atoms with Crippen LogP contribution in [0.1, 0.15) is 25.5 Å². The normalized spacial score (nSPS) is 23.7. The number of benzene rings is 1. The summed E-state index contributed by atoms with van der Waals surface area (Å²) in [6.45, 7) is 5.51. The van der Waals surface area contributed by atoms with Gasteiger partial charge in [0.15, 0.2) is 0 Å². The van der Waals surface area contributed by atoms with Gasteiger partial charge in [0.2, 0.25) is 5.91 Å². The number of nitrogens with two attached hydrogens (primary N) is 1. The second-order valence-corrected chi connectivity index (χ2v) is 5.32. The fourth-order valence-corrected chi connectivity index (χ4v) is 2.34. The Balaban J connectivity index is 2.17. The van der Waals surface area contributed by atoms with Gasteiger partial charge in [-0.25, -0.2) is 0 Å². The van der Waals surface area contributed by atoms with E-state index in [9.17, 15) is 4.79 Å². The molecule has 1 aliphatic rings. The second-order valence-electron chi connectivity index (χ2n) is 5.32. The van der Waals surface area contributed by atoms with Gasteiger partial charge in [0, 0.05) is 6.54 Å². The number of morpholine rings is 1. The van der Waals surface area contributed by atoms with Crippen LogP contribution in [0.25, 0.3) is 0 Å². The molecule has 2 rings (SSSR count). The number of hydrogen-bond donors (Lipinski definition) is 1. The van der Waals surface area contributed by atoms with Crippen LogP contribution in [-0.4, -0.2) is 36.5 Å². The van der Waals surface area contributed by atoms with Gasteiger partial charge in [0.05, 0.1) is 19.2 Å². The molecule has 0 bridgehead atoms. The van der Waals surface area contributed by atoms with Crippen molar-refractivity contribution in [3.63, 3.8) is 0 Å². The summed E-state index contributed by atoms with van der Waals surface area (Å²) >= 11 is 0. The number of rotatable bonds is 3. The molecular weight excluding hydrogens is 240 g/mol. The van der Waals surface area contributed by atoms with Crippen LogP contribution in [0.5, 0.6) is 0 Å². The van der Waals surface area contributed by atoms with E-state index in [0.29, 0.717) is 19.0 Å². The Hall–Kier alpha value is -1.39. The van der Waals surface area contributed by atoms with E-state index in [1.165, 1.54) is 0 Å². The second kappa shape index (κ2) is 6.17. The smallest absolute Gasteiger partial charge is 0.236 e. The van der Waals surface area contributed by atoms with Crippen LogP contribution >= 0.6 is 0 Å². The van der Waals surface area contributed by atoms with Crippen molar-refractivity contribution in [2.45, 2.75) is 26.1 Å². The van der Waals surface area contributed by atoms with Gasteiger partial charge in [0.1, 0.15) is 6.10 Å². The van der Waals surface area contributed by atoms with Gasteiger partial charge in [0.25, 0.3) is 0 Å². The molecule has 1 heterocycles. The lowest BCUT2D eigenvalue weighted by molar-refractivity contribution is -0.148. The monoisotopic (exact) mass is 262 g/mol. The fourth-order valence-electron chi connectivity index (χ4n) is 2.34. The number of carbonyl (C=O) groups is 1. The molecule has 19 heavy (non-hydrogen) atoms. The van der Waals surface area contributed by atoms with Crippen molar-refractivity contribution in [3.8, 4) is 0 Å². The van der Waals surface area contributed by atoms with Gasteiger partial charge in [-0.1, -0.05) is 44.2 Å². The molecule has 1 saturated heterocycles. The lowest BCUT2D eigenvalue weighted by atomic mass is 10.0. The molecule has 0 unspecified atom stereocenters. The lowest BCUT2D eigenvalue weighted by Gasteiger charge is -2.40. The lowest BCUT2D eigenvalue weighted by Crippen LogP contribution is -2.50. The summed E-state index contributed by atoms with van der Waals surface area (Å²) in [6.07, 6.45) is 0.00676. The molecular formula is C15H22N2O2. The molecule has 0 aromatic heterocycles. The Bertz CT molecular complexity index is 419. The maximum absolute atomic E-state index is 11.9. The molecule has 1 aliphatic heterocycles. The van der Waals surface area contributed by atoms with Gasteiger partial charge >= 0.3 is 0 Å². The van der Waals surface area contributed by atoms with E-state index >= 15 is 0 Å².